The Labute approximate surface area is 156 Å². The summed E-state index contributed by atoms with van der Waals surface area (Å²) in [5.41, 5.74) is 5.79. The van der Waals surface area contributed by atoms with Gasteiger partial charge < -0.3 is 10.5 Å². The summed E-state index contributed by atoms with van der Waals surface area (Å²) >= 11 is 6.19. The monoisotopic (exact) mass is 398 g/mol. The van der Waals surface area contributed by atoms with Crippen LogP contribution in [0.2, 0.25) is 5.02 Å². The minimum atomic E-state index is -3.71. The van der Waals surface area contributed by atoms with Crippen molar-refractivity contribution < 1.29 is 17.9 Å². The van der Waals surface area contributed by atoms with Crippen molar-refractivity contribution in [3.8, 4) is 0 Å². The average Bonchev–Trinajstić information content (AvgIpc) is 2.62. The van der Waals surface area contributed by atoms with Crippen molar-refractivity contribution in [3.63, 3.8) is 0 Å². The summed E-state index contributed by atoms with van der Waals surface area (Å²) in [6.45, 7) is 3.78. The van der Waals surface area contributed by atoms with Crippen LogP contribution in [0, 0.1) is 0 Å². The van der Waals surface area contributed by atoms with Crippen LogP contribution in [0.3, 0.4) is 0 Å². The smallest absolute Gasteiger partial charge is 0.251 e. The third-order valence-electron chi connectivity index (χ3n) is 4.17. The highest BCUT2D eigenvalue weighted by Crippen LogP contribution is 2.27. The van der Waals surface area contributed by atoms with Gasteiger partial charge in [-0.25, -0.2) is 13.1 Å². The number of amides is 1. The molecule has 10 heteroatoms. The topological polar surface area (TPSA) is 115 Å². The van der Waals surface area contributed by atoms with Gasteiger partial charge in [-0.05, 0) is 18.2 Å². The molecule has 2 heterocycles. The van der Waals surface area contributed by atoms with Gasteiger partial charge in [-0.3, -0.25) is 14.7 Å². The van der Waals surface area contributed by atoms with Crippen LogP contribution in [0.15, 0.2) is 29.3 Å². The number of hydrogen-bond donors (Lipinski definition) is 2. The first kappa shape index (κ1) is 19.0. The van der Waals surface area contributed by atoms with E-state index >= 15 is 0 Å². The molecule has 1 aromatic carbocycles. The van der Waals surface area contributed by atoms with E-state index in [-0.39, 0.29) is 22.0 Å². The SMILES string of the molecule is NC(=O)c1cnc2ccc(S(=O)(=O)NCCN3CCOCC3)cc2c1Cl. The van der Waals surface area contributed by atoms with Crippen LogP contribution in [0.25, 0.3) is 10.9 Å². The molecule has 8 nitrogen and oxygen atoms in total. The van der Waals surface area contributed by atoms with E-state index in [9.17, 15) is 13.2 Å². The highest BCUT2D eigenvalue weighted by molar-refractivity contribution is 7.89. The molecule has 0 spiro atoms. The molecular weight excluding hydrogens is 380 g/mol. The summed E-state index contributed by atoms with van der Waals surface area (Å²) in [5.74, 6) is -0.721. The van der Waals surface area contributed by atoms with E-state index in [2.05, 4.69) is 14.6 Å². The van der Waals surface area contributed by atoms with Gasteiger partial charge >= 0.3 is 0 Å². The number of morpholine rings is 1. The number of carbonyl (C=O) groups excluding carboxylic acids is 1. The van der Waals surface area contributed by atoms with Crippen molar-refractivity contribution in [1.82, 2.24) is 14.6 Å². The zero-order chi connectivity index (χ0) is 18.7. The van der Waals surface area contributed by atoms with E-state index in [0.717, 1.165) is 13.1 Å². The molecule has 3 N–H and O–H groups in total. The minimum Gasteiger partial charge on any atom is -0.379 e. The Kier molecular flexibility index (Phi) is 5.73. The Morgan fingerprint density at radius 2 is 2.08 bits per heavy atom. The number of halogens is 1. The predicted octanol–water partition coefficient (Wildman–Crippen LogP) is 0.598. The number of benzene rings is 1. The van der Waals surface area contributed by atoms with Crippen LogP contribution in [0.4, 0.5) is 0 Å². The first-order chi connectivity index (χ1) is 12.4. The number of ether oxygens (including phenoxy) is 1. The molecule has 1 amide bonds. The Morgan fingerprint density at radius 1 is 1.35 bits per heavy atom. The molecule has 1 saturated heterocycles. The van der Waals surface area contributed by atoms with Crippen LogP contribution in [0.1, 0.15) is 10.4 Å². The number of rotatable bonds is 6. The lowest BCUT2D eigenvalue weighted by molar-refractivity contribution is 0.0390. The van der Waals surface area contributed by atoms with Crippen molar-refractivity contribution >= 4 is 38.4 Å². The number of nitrogens with zero attached hydrogens (tertiary/aromatic N) is 2. The fraction of sp³-hybridized carbons (Fsp3) is 0.375. The molecule has 3 rings (SSSR count). The molecule has 0 bridgehead atoms. The molecule has 2 aromatic rings. The van der Waals surface area contributed by atoms with E-state index in [1.54, 1.807) is 6.07 Å². The highest BCUT2D eigenvalue weighted by atomic mass is 35.5. The van der Waals surface area contributed by atoms with Gasteiger partial charge in [0.2, 0.25) is 10.0 Å². The van der Waals surface area contributed by atoms with Gasteiger partial charge in [0, 0.05) is 37.8 Å². The van der Waals surface area contributed by atoms with Crippen LogP contribution in [-0.4, -0.2) is 63.6 Å². The minimum absolute atomic E-state index is 0.0500. The number of hydrogen-bond acceptors (Lipinski definition) is 6. The largest absolute Gasteiger partial charge is 0.379 e. The Hall–Kier alpha value is -1.78. The lowest BCUT2D eigenvalue weighted by Crippen LogP contribution is -2.41. The number of primary amides is 1. The van der Waals surface area contributed by atoms with E-state index in [4.69, 9.17) is 22.1 Å². The quantitative estimate of drug-likeness (QED) is 0.736. The number of nitrogens with two attached hydrogens (primary N) is 1. The van der Waals surface area contributed by atoms with E-state index in [1.165, 1.54) is 18.3 Å². The number of fused-ring (bicyclic) bond motifs is 1. The predicted molar refractivity (Wildman–Crippen MR) is 97.7 cm³/mol. The second-order valence-corrected chi connectivity index (χ2v) is 8.03. The maximum atomic E-state index is 12.5. The summed E-state index contributed by atoms with van der Waals surface area (Å²) in [4.78, 5) is 17.7. The molecule has 0 saturated carbocycles. The van der Waals surface area contributed by atoms with Gasteiger partial charge in [0.15, 0.2) is 0 Å². The molecule has 0 radical (unpaired) electrons. The zero-order valence-electron chi connectivity index (χ0n) is 13.9. The molecule has 1 aliphatic rings. The van der Waals surface area contributed by atoms with E-state index < -0.39 is 15.9 Å². The highest BCUT2D eigenvalue weighted by Gasteiger charge is 2.18. The average molecular weight is 399 g/mol. The van der Waals surface area contributed by atoms with Gasteiger partial charge in [0.25, 0.3) is 5.91 Å². The van der Waals surface area contributed by atoms with Crippen molar-refractivity contribution in [1.29, 1.82) is 0 Å². The summed E-state index contributed by atoms with van der Waals surface area (Å²) in [5, 5.41) is 0.451. The molecule has 1 fully saturated rings. The van der Waals surface area contributed by atoms with Crippen LogP contribution >= 0.6 is 11.6 Å². The lowest BCUT2D eigenvalue weighted by atomic mass is 10.1. The maximum Gasteiger partial charge on any atom is 0.251 e. The lowest BCUT2D eigenvalue weighted by Gasteiger charge is -2.26. The van der Waals surface area contributed by atoms with Crippen LogP contribution in [0.5, 0.6) is 0 Å². The number of pyridine rings is 1. The van der Waals surface area contributed by atoms with Gasteiger partial charge in [0.05, 0.1) is 34.2 Å². The van der Waals surface area contributed by atoms with E-state index in [1.807, 2.05) is 0 Å². The summed E-state index contributed by atoms with van der Waals surface area (Å²) < 4.78 is 32.9. The normalized spacial score (nSPS) is 16.0. The number of sulfonamides is 1. The molecule has 0 atom stereocenters. The molecule has 0 aliphatic carbocycles. The van der Waals surface area contributed by atoms with Gasteiger partial charge in [0.1, 0.15) is 0 Å². The first-order valence-corrected chi connectivity index (χ1v) is 9.92. The Morgan fingerprint density at radius 3 is 2.77 bits per heavy atom. The third-order valence-corrected chi connectivity index (χ3v) is 6.04. The van der Waals surface area contributed by atoms with Gasteiger partial charge in [-0.15, -0.1) is 0 Å². The van der Waals surface area contributed by atoms with Crippen LogP contribution < -0.4 is 10.5 Å². The van der Waals surface area contributed by atoms with Crippen LogP contribution in [-0.2, 0) is 14.8 Å². The standard InChI is InChI=1S/C16H19ClN4O4S/c17-15-12-9-11(1-2-14(12)19-10-13(15)16(18)22)26(23,24)20-3-4-21-5-7-25-8-6-21/h1-2,9-10,20H,3-8H2,(H2,18,22). The van der Waals surface area contributed by atoms with Crippen molar-refractivity contribution in [3.05, 3.63) is 35.0 Å². The molecular formula is C16H19ClN4O4S. The second kappa shape index (κ2) is 7.85. The number of aromatic nitrogens is 1. The zero-order valence-corrected chi connectivity index (χ0v) is 15.5. The summed E-state index contributed by atoms with van der Waals surface area (Å²) in [7, 11) is -3.71. The summed E-state index contributed by atoms with van der Waals surface area (Å²) in [6.07, 6.45) is 1.28. The van der Waals surface area contributed by atoms with Gasteiger partial charge in [-0.2, -0.15) is 0 Å². The Bertz CT molecular complexity index is 929. The second-order valence-electron chi connectivity index (χ2n) is 5.88. The molecule has 26 heavy (non-hydrogen) atoms. The van der Waals surface area contributed by atoms with Gasteiger partial charge in [-0.1, -0.05) is 11.6 Å². The molecule has 0 unspecified atom stereocenters. The molecule has 1 aromatic heterocycles. The van der Waals surface area contributed by atoms with Crippen molar-refractivity contribution in [2.24, 2.45) is 5.73 Å². The number of carbonyl (C=O) groups is 1. The third kappa shape index (κ3) is 4.13. The summed E-state index contributed by atoms with van der Waals surface area (Å²) in [6, 6.07) is 4.39. The maximum absolute atomic E-state index is 12.5. The first-order valence-electron chi connectivity index (χ1n) is 8.06. The van der Waals surface area contributed by atoms with Crippen molar-refractivity contribution in [2.45, 2.75) is 4.90 Å². The fourth-order valence-corrected chi connectivity index (χ4v) is 4.06. The molecule has 140 valence electrons. The van der Waals surface area contributed by atoms with E-state index in [0.29, 0.717) is 30.7 Å². The fourth-order valence-electron chi connectivity index (χ4n) is 2.72. The number of nitrogens with one attached hydrogen (secondary N) is 1. The van der Waals surface area contributed by atoms with Crippen molar-refractivity contribution in [2.75, 3.05) is 39.4 Å². The Balaban J connectivity index is 1.79. The molecule has 1 aliphatic heterocycles.